The first-order chi connectivity index (χ1) is 8.08. The maximum atomic E-state index is 12.2. The molecule has 0 N–H and O–H groups in total. The summed E-state index contributed by atoms with van der Waals surface area (Å²) >= 11 is 3.12. The zero-order valence-electron chi connectivity index (χ0n) is 9.08. The topological polar surface area (TPSA) is 35.5 Å². The summed E-state index contributed by atoms with van der Waals surface area (Å²) in [5, 5.41) is 0.464. The molecule has 0 saturated heterocycles. The highest BCUT2D eigenvalue weighted by atomic mass is 79.9. The van der Waals surface area contributed by atoms with E-state index in [0.29, 0.717) is 11.1 Å². The molecule has 3 nitrogen and oxygen atoms in total. The molecule has 0 amide bonds. The minimum Gasteiger partial charge on any atom is -0.497 e. The number of methoxy groups -OCH3 is 1. The smallest absolute Gasteiger partial charge is 0.387 e. The van der Waals surface area contributed by atoms with Gasteiger partial charge in [-0.15, -0.1) is 0 Å². The maximum Gasteiger partial charge on any atom is 0.387 e. The quantitative estimate of drug-likeness (QED) is 0.598. The van der Waals surface area contributed by atoms with Crippen LogP contribution in [0.5, 0.6) is 11.5 Å². The van der Waals surface area contributed by atoms with Crippen molar-refractivity contribution in [3.05, 3.63) is 23.8 Å². The van der Waals surface area contributed by atoms with Crippen molar-refractivity contribution in [1.29, 1.82) is 0 Å². The van der Waals surface area contributed by atoms with Crippen LogP contribution in [0.3, 0.4) is 0 Å². The van der Waals surface area contributed by atoms with E-state index < -0.39 is 6.61 Å². The molecule has 6 heteroatoms. The number of Topliss-reactive ketones (excluding diaryl/α,β-unsaturated/α-hetero) is 1. The Balaban J connectivity index is 3.05. The van der Waals surface area contributed by atoms with Crippen LogP contribution >= 0.6 is 15.9 Å². The number of rotatable bonds is 6. The fourth-order valence-electron chi connectivity index (χ4n) is 1.27. The lowest BCUT2D eigenvalue weighted by atomic mass is 10.1. The van der Waals surface area contributed by atoms with E-state index in [2.05, 4.69) is 20.7 Å². The number of ketones is 1. The highest BCUT2D eigenvalue weighted by molar-refractivity contribution is 9.09. The lowest BCUT2D eigenvalue weighted by molar-refractivity contribution is -0.0502. The molecule has 0 aliphatic rings. The number of hydrogen-bond acceptors (Lipinski definition) is 3. The summed E-state index contributed by atoms with van der Waals surface area (Å²) in [5.41, 5.74) is 0.130. The van der Waals surface area contributed by atoms with Gasteiger partial charge in [-0.25, -0.2) is 0 Å². The molecule has 0 heterocycles. The zero-order chi connectivity index (χ0) is 12.8. The lowest BCUT2D eigenvalue weighted by Gasteiger charge is -2.11. The third-order valence-electron chi connectivity index (χ3n) is 2.03. The molecule has 94 valence electrons. The highest BCUT2D eigenvalue weighted by Gasteiger charge is 2.16. The molecule has 0 aromatic heterocycles. The Morgan fingerprint density at radius 1 is 1.47 bits per heavy atom. The standard InChI is InChI=1S/C11H11BrF2O3/c1-16-7-2-3-8(9(15)4-5-12)10(6-7)17-11(13)14/h2-3,6,11H,4-5H2,1H3. The molecule has 0 fully saturated rings. The van der Waals surface area contributed by atoms with E-state index in [0.717, 1.165) is 0 Å². The minimum atomic E-state index is -2.97. The Morgan fingerprint density at radius 3 is 2.71 bits per heavy atom. The van der Waals surface area contributed by atoms with Crippen molar-refractivity contribution >= 4 is 21.7 Å². The summed E-state index contributed by atoms with van der Waals surface area (Å²) in [6.07, 6.45) is 0.214. The van der Waals surface area contributed by atoms with Crippen LogP contribution in [0.25, 0.3) is 0 Å². The summed E-state index contributed by atoms with van der Waals surface area (Å²) in [5.74, 6) is -0.0680. The molecule has 17 heavy (non-hydrogen) atoms. The maximum absolute atomic E-state index is 12.2. The van der Waals surface area contributed by atoms with Gasteiger partial charge in [0, 0.05) is 17.8 Å². The van der Waals surface area contributed by atoms with Crippen molar-refractivity contribution in [3.8, 4) is 11.5 Å². The molecule has 0 unspecified atom stereocenters. The van der Waals surface area contributed by atoms with Crippen LogP contribution in [0.15, 0.2) is 18.2 Å². The monoisotopic (exact) mass is 308 g/mol. The minimum absolute atomic E-state index is 0.130. The Labute approximate surface area is 106 Å². The van der Waals surface area contributed by atoms with E-state index in [4.69, 9.17) is 4.74 Å². The first-order valence-electron chi connectivity index (χ1n) is 4.80. The Kier molecular flexibility index (Phi) is 5.34. The number of benzene rings is 1. The third kappa shape index (κ3) is 3.96. The molecular weight excluding hydrogens is 298 g/mol. The molecular formula is C11H11BrF2O3. The fourth-order valence-corrected chi connectivity index (χ4v) is 1.63. The van der Waals surface area contributed by atoms with Crippen molar-refractivity contribution < 1.29 is 23.0 Å². The van der Waals surface area contributed by atoms with Crippen molar-refractivity contribution in [2.45, 2.75) is 13.0 Å². The van der Waals surface area contributed by atoms with Crippen LogP contribution in [0.1, 0.15) is 16.8 Å². The van der Waals surface area contributed by atoms with Gasteiger partial charge in [-0.1, -0.05) is 15.9 Å². The average Bonchev–Trinajstić information content (AvgIpc) is 2.28. The number of alkyl halides is 3. The van der Waals surface area contributed by atoms with Gasteiger partial charge >= 0.3 is 6.61 Å². The van der Waals surface area contributed by atoms with E-state index in [1.165, 1.54) is 25.3 Å². The van der Waals surface area contributed by atoms with Crippen molar-refractivity contribution in [3.63, 3.8) is 0 Å². The highest BCUT2D eigenvalue weighted by Crippen LogP contribution is 2.27. The van der Waals surface area contributed by atoms with Crippen LogP contribution in [0.4, 0.5) is 8.78 Å². The molecule has 0 spiro atoms. The van der Waals surface area contributed by atoms with Gasteiger partial charge in [-0.05, 0) is 12.1 Å². The summed E-state index contributed by atoms with van der Waals surface area (Å²) in [6.45, 7) is -2.97. The molecule has 1 rings (SSSR count). The number of carbonyl (C=O) groups excluding carboxylic acids is 1. The van der Waals surface area contributed by atoms with E-state index >= 15 is 0 Å². The second-order valence-corrected chi connectivity index (χ2v) is 3.90. The van der Waals surface area contributed by atoms with Gasteiger partial charge < -0.3 is 9.47 Å². The summed E-state index contributed by atoms with van der Waals surface area (Å²) in [6, 6.07) is 4.22. The van der Waals surface area contributed by atoms with E-state index in [9.17, 15) is 13.6 Å². The van der Waals surface area contributed by atoms with Crippen LogP contribution < -0.4 is 9.47 Å². The van der Waals surface area contributed by atoms with Crippen LogP contribution in [-0.2, 0) is 0 Å². The summed E-state index contributed by atoms with van der Waals surface area (Å²) in [7, 11) is 1.40. The Bertz CT molecular complexity index is 396. The average molecular weight is 309 g/mol. The SMILES string of the molecule is COc1ccc(C(=O)CCBr)c(OC(F)F)c1. The van der Waals surface area contributed by atoms with Crippen LogP contribution in [0.2, 0.25) is 0 Å². The summed E-state index contributed by atoms with van der Waals surface area (Å²) in [4.78, 5) is 11.7. The molecule has 0 aliphatic heterocycles. The number of halogens is 3. The predicted octanol–water partition coefficient (Wildman–Crippen LogP) is 3.26. The molecule has 1 aromatic carbocycles. The number of hydrogen-bond donors (Lipinski definition) is 0. The van der Waals surface area contributed by atoms with Gasteiger partial charge in [0.2, 0.25) is 0 Å². The number of carbonyl (C=O) groups is 1. The van der Waals surface area contributed by atoms with Crippen LogP contribution in [0, 0.1) is 0 Å². The lowest BCUT2D eigenvalue weighted by Crippen LogP contribution is -2.08. The number of ether oxygens (including phenoxy) is 2. The molecule has 0 saturated carbocycles. The molecule has 1 aromatic rings. The molecule has 0 radical (unpaired) electrons. The van der Waals surface area contributed by atoms with Gasteiger partial charge in [0.15, 0.2) is 5.78 Å². The normalized spacial score (nSPS) is 10.4. The second kappa shape index (κ2) is 6.54. The van der Waals surface area contributed by atoms with Gasteiger partial charge in [-0.3, -0.25) is 4.79 Å². The molecule has 0 bridgehead atoms. The predicted molar refractivity (Wildman–Crippen MR) is 62.4 cm³/mol. The van der Waals surface area contributed by atoms with Gasteiger partial charge in [0.1, 0.15) is 11.5 Å². The van der Waals surface area contributed by atoms with E-state index in [-0.39, 0.29) is 23.5 Å². The van der Waals surface area contributed by atoms with Gasteiger partial charge in [-0.2, -0.15) is 8.78 Å². The van der Waals surface area contributed by atoms with Crippen molar-refractivity contribution in [1.82, 2.24) is 0 Å². The van der Waals surface area contributed by atoms with Crippen molar-refractivity contribution in [2.24, 2.45) is 0 Å². The molecule has 0 atom stereocenters. The molecule has 0 aliphatic carbocycles. The third-order valence-corrected chi connectivity index (χ3v) is 2.42. The van der Waals surface area contributed by atoms with Crippen molar-refractivity contribution in [2.75, 3.05) is 12.4 Å². The Hall–Kier alpha value is -1.17. The van der Waals surface area contributed by atoms with Crippen LogP contribution in [-0.4, -0.2) is 24.8 Å². The van der Waals surface area contributed by atoms with E-state index in [1.807, 2.05) is 0 Å². The van der Waals surface area contributed by atoms with Gasteiger partial charge in [0.05, 0.1) is 12.7 Å². The van der Waals surface area contributed by atoms with E-state index in [1.54, 1.807) is 0 Å². The first kappa shape index (κ1) is 13.9. The second-order valence-electron chi connectivity index (χ2n) is 3.10. The summed E-state index contributed by atoms with van der Waals surface area (Å²) < 4.78 is 33.6. The van der Waals surface area contributed by atoms with Gasteiger partial charge in [0.25, 0.3) is 0 Å². The zero-order valence-corrected chi connectivity index (χ0v) is 10.7. The Morgan fingerprint density at radius 2 is 2.18 bits per heavy atom. The fraction of sp³-hybridized carbons (Fsp3) is 0.364. The first-order valence-corrected chi connectivity index (χ1v) is 5.92. The largest absolute Gasteiger partial charge is 0.497 e.